The Labute approximate surface area is 80.7 Å². The molecule has 0 fully saturated rings. The molecule has 14 heavy (non-hydrogen) atoms. The third kappa shape index (κ3) is 2.12. The van der Waals surface area contributed by atoms with Crippen molar-refractivity contribution in [3.63, 3.8) is 0 Å². The van der Waals surface area contributed by atoms with Crippen LogP contribution < -0.4 is 0 Å². The summed E-state index contributed by atoms with van der Waals surface area (Å²) in [6.07, 6.45) is -0.122. The first kappa shape index (κ1) is 10.3. The Kier molecular flexibility index (Phi) is 2.91. The van der Waals surface area contributed by atoms with E-state index in [-0.39, 0.29) is 12.1 Å². The van der Waals surface area contributed by atoms with Crippen molar-refractivity contribution in [2.45, 2.75) is 13.3 Å². The number of methoxy groups -OCH3 is 1. The molecular weight excluding hydrogens is 186 g/mol. The van der Waals surface area contributed by atoms with Crippen LogP contribution in [0.4, 0.5) is 0 Å². The van der Waals surface area contributed by atoms with Crippen LogP contribution in [0.15, 0.2) is 6.07 Å². The lowest BCUT2D eigenvalue weighted by Crippen LogP contribution is -2.04. The summed E-state index contributed by atoms with van der Waals surface area (Å²) in [6, 6.07) is 1.57. The highest BCUT2D eigenvalue weighted by Gasteiger charge is 2.13. The zero-order chi connectivity index (χ0) is 10.7. The second kappa shape index (κ2) is 3.95. The highest BCUT2D eigenvalue weighted by Crippen LogP contribution is 2.11. The number of ether oxygens (including phenoxy) is 1. The molecule has 0 aliphatic rings. The van der Waals surface area contributed by atoms with Crippen LogP contribution in [-0.2, 0) is 16.0 Å². The van der Waals surface area contributed by atoms with Crippen LogP contribution in [0.2, 0.25) is 0 Å². The molecule has 0 aromatic carbocycles. The summed E-state index contributed by atoms with van der Waals surface area (Å²) in [5.41, 5.74) is 1.55. The van der Waals surface area contributed by atoms with Gasteiger partial charge in [-0.1, -0.05) is 0 Å². The van der Waals surface area contributed by atoms with Gasteiger partial charge < -0.3 is 14.8 Å². The van der Waals surface area contributed by atoms with Gasteiger partial charge in [0.05, 0.1) is 13.5 Å². The van der Waals surface area contributed by atoms with E-state index in [1.54, 1.807) is 13.0 Å². The Morgan fingerprint density at radius 3 is 2.71 bits per heavy atom. The third-order valence-electron chi connectivity index (χ3n) is 1.86. The van der Waals surface area contributed by atoms with Crippen molar-refractivity contribution in [3.8, 4) is 0 Å². The lowest BCUT2D eigenvalue weighted by atomic mass is 10.2. The van der Waals surface area contributed by atoms with Gasteiger partial charge in [0.25, 0.3) is 0 Å². The first-order valence-corrected chi connectivity index (χ1v) is 4.03. The Morgan fingerprint density at radius 2 is 2.21 bits per heavy atom. The Hall–Kier alpha value is -1.78. The third-order valence-corrected chi connectivity index (χ3v) is 1.86. The van der Waals surface area contributed by atoms with Crippen LogP contribution in [0.1, 0.15) is 21.7 Å². The van der Waals surface area contributed by atoms with Gasteiger partial charge in [0.15, 0.2) is 0 Å². The second-order valence-corrected chi connectivity index (χ2v) is 2.91. The van der Waals surface area contributed by atoms with E-state index in [0.717, 1.165) is 5.56 Å². The van der Waals surface area contributed by atoms with E-state index >= 15 is 0 Å². The van der Waals surface area contributed by atoms with Crippen LogP contribution in [0.25, 0.3) is 0 Å². The van der Waals surface area contributed by atoms with Crippen LogP contribution in [0.5, 0.6) is 0 Å². The quantitative estimate of drug-likeness (QED) is 0.700. The summed E-state index contributed by atoms with van der Waals surface area (Å²) in [6.45, 7) is 1.74. The van der Waals surface area contributed by atoms with Gasteiger partial charge in [0.2, 0.25) is 0 Å². The highest BCUT2D eigenvalue weighted by molar-refractivity contribution is 5.88. The average Bonchev–Trinajstić information content (AvgIpc) is 2.46. The maximum atomic E-state index is 11.1. The minimum absolute atomic E-state index is 0.122. The number of esters is 1. The molecule has 0 bridgehead atoms. The predicted molar refractivity (Wildman–Crippen MR) is 48.2 cm³/mol. The number of carboxylic acids is 1. The molecule has 0 saturated carbocycles. The summed E-state index contributed by atoms with van der Waals surface area (Å²) >= 11 is 0. The topological polar surface area (TPSA) is 79.4 Å². The Balaban J connectivity index is 2.93. The maximum absolute atomic E-state index is 11.1. The fourth-order valence-corrected chi connectivity index (χ4v) is 1.16. The van der Waals surface area contributed by atoms with Gasteiger partial charge in [-0.05, 0) is 18.6 Å². The smallest absolute Gasteiger partial charge is 0.354 e. The zero-order valence-electron chi connectivity index (χ0n) is 7.96. The summed E-state index contributed by atoms with van der Waals surface area (Å²) in [4.78, 5) is 24.2. The monoisotopic (exact) mass is 197 g/mol. The van der Waals surface area contributed by atoms with E-state index in [0.29, 0.717) is 5.69 Å². The number of carbonyl (C=O) groups excluding carboxylic acids is 1. The molecular formula is C9H11NO4. The fraction of sp³-hybridized carbons (Fsp3) is 0.333. The number of H-pyrrole nitrogens is 1. The molecule has 1 aromatic rings. The van der Waals surface area contributed by atoms with Crippen molar-refractivity contribution >= 4 is 11.9 Å². The van der Waals surface area contributed by atoms with Crippen LogP contribution >= 0.6 is 0 Å². The van der Waals surface area contributed by atoms with Crippen LogP contribution in [-0.4, -0.2) is 29.1 Å². The number of aryl methyl sites for hydroxylation is 1. The summed E-state index contributed by atoms with van der Waals surface area (Å²) in [5, 5.41) is 8.56. The number of rotatable bonds is 3. The molecule has 0 radical (unpaired) electrons. The molecule has 1 heterocycles. The summed E-state index contributed by atoms with van der Waals surface area (Å²) in [5.74, 6) is -1.43. The van der Waals surface area contributed by atoms with Crippen LogP contribution in [0, 0.1) is 6.92 Å². The summed E-state index contributed by atoms with van der Waals surface area (Å²) in [7, 11) is 1.27. The van der Waals surface area contributed by atoms with E-state index in [2.05, 4.69) is 9.72 Å². The van der Waals surface area contributed by atoms with Gasteiger partial charge in [0.1, 0.15) is 5.69 Å². The molecule has 5 heteroatoms. The second-order valence-electron chi connectivity index (χ2n) is 2.91. The number of aromatic nitrogens is 1. The molecule has 76 valence electrons. The molecule has 0 amide bonds. The number of hydrogen-bond donors (Lipinski definition) is 2. The largest absolute Gasteiger partial charge is 0.481 e. The van der Waals surface area contributed by atoms with Crippen molar-refractivity contribution in [2.24, 2.45) is 0 Å². The minimum Gasteiger partial charge on any atom is -0.481 e. The van der Waals surface area contributed by atoms with Crippen molar-refractivity contribution in [1.29, 1.82) is 0 Å². The number of carbonyl (C=O) groups is 2. The lowest BCUT2D eigenvalue weighted by Gasteiger charge is -1.94. The van der Waals surface area contributed by atoms with Gasteiger partial charge in [-0.3, -0.25) is 4.79 Å². The van der Waals surface area contributed by atoms with Crippen molar-refractivity contribution in [1.82, 2.24) is 4.98 Å². The number of carboxylic acid groups (broad SMARTS) is 1. The molecule has 2 N–H and O–H groups in total. The molecule has 0 aliphatic heterocycles. The molecule has 0 saturated heterocycles. The van der Waals surface area contributed by atoms with Crippen LogP contribution in [0.3, 0.4) is 0 Å². The molecule has 5 nitrogen and oxygen atoms in total. The predicted octanol–water partition coefficient (Wildman–Crippen LogP) is 0.737. The maximum Gasteiger partial charge on any atom is 0.354 e. The Morgan fingerprint density at radius 1 is 1.57 bits per heavy atom. The number of aromatic amines is 1. The minimum atomic E-state index is -0.939. The standard InChI is InChI=1S/C9H11NO4/c1-5-3-7(9(13)14-2)10-6(5)4-8(11)12/h3,10H,4H2,1-2H3,(H,11,12). The van der Waals surface area contributed by atoms with Gasteiger partial charge in [-0.25, -0.2) is 4.79 Å². The lowest BCUT2D eigenvalue weighted by molar-refractivity contribution is -0.136. The number of aliphatic carboxylic acids is 1. The van der Waals surface area contributed by atoms with Crippen molar-refractivity contribution in [2.75, 3.05) is 7.11 Å². The normalized spacial score (nSPS) is 9.86. The first-order valence-electron chi connectivity index (χ1n) is 4.03. The fourth-order valence-electron chi connectivity index (χ4n) is 1.16. The molecule has 1 aromatic heterocycles. The molecule has 1 rings (SSSR count). The summed E-state index contributed by atoms with van der Waals surface area (Å²) < 4.78 is 4.49. The van der Waals surface area contributed by atoms with Gasteiger partial charge >= 0.3 is 11.9 Å². The molecule has 0 aliphatic carbocycles. The number of hydrogen-bond acceptors (Lipinski definition) is 3. The van der Waals surface area contributed by atoms with E-state index in [9.17, 15) is 9.59 Å². The molecule has 0 spiro atoms. The zero-order valence-corrected chi connectivity index (χ0v) is 7.96. The van der Waals surface area contributed by atoms with Gasteiger partial charge in [0, 0.05) is 5.69 Å². The Bertz CT molecular complexity index is 367. The van der Waals surface area contributed by atoms with Gasteiger partial charge in [-0.15, -0.1) is 0 Å². The van der Waals surface area contributed by atoms with E-state index in [1.807, 2.05) is 0 Å². The average molecular weight is 197 g/mol. The van der Waals surface area contributed by atoms with Gasteiger partial charge in [-0.2, -0.15) is 0 Å². The molecule has 0 unspecified atom stereocenters. The van der Waals surface area contributed by atoms with E-state index < -0.39 is 11.9 Å². The SMILES string of the molecule is COC(=O)c1cc(C)c(CC(=O)O)[nH]1. The first-order chi connectivity index (χ1) is 6.54. The van der Waals surface area contributed by atoms with E-state index in [4.69, 9.17) is 5.11 Å². The molecule has 0 atom stereocenters. The van der Waals surface area contributed by atoms with Crippen molar-refractivity contribution in [3.05, 3.63) is 23.0 Å². The van der Waals surface area contributed by atoms with E-state index in [1.165, 1.54) is 7.11 Å². The van der Waals surface area contributed by atoms with Crippen molar-refractivity contribution < 1.29 is 19.4 Å². The highest BCUT2D eigenvalue weighted by atomic mass is 16.5. The number of nitrogens with one attached hydrogen (secondary N) is 1.